The summed E-state index contributed by atoms with van der Waals surface area (Å²) in [5.74, 6) is -1.07. The number of amides is 1. The lowest BCUT2D eigenvalue weighted by Crippen LogP contribution is -2.37. The molecule has 1 aliphatic rings. The predicted octanol–water partition coefficient (Wildman–Crippen LogP) is 3.98. The molecule has 0 aliphatic carbocycles. The van der Waals surface area contributed by atoms with Gasteiger partial charge in [0.15, 0.2) is 0 Å². The van der Waals surface area contributed by atoms with E-state index in [-0.39, 0.29) is 11.8 Å². The van der Waals surface area contributed by atoms with Gasteiger partial charge in [-0.05, 0) is 48.4 Å². The maximum absolute atomic E-state index is 12.1. The highest BCUT2D eigenvalue weighted by atomic mass is 79.9. The first-order chi connectivity index (χ1) is 8.87. The number of alkyl halides is 3. The number of carbonyl (C=O) groups excluding carboxylic acids is 1. The SMILES string of the molecule is O=C(CSC(F)(F)F)N1CCCc2cc(Br)ccc21. The van der Waals surface area contributed by atoms with Gasteiger partial charge in [0.2, 0.25) is 5.91 Å². The van der Waals surface area contributed by atoms with Gasteiger partial charge in [-0.1, -0.05) is 15.9 Å². The second-order valence-corrected chi connectivity index (χ2v) is 6.11. The number of anilines is 1. The fourth-order valence-electron chi connectivity index (χ4n) is 2.05. The minimum absolute atomic E-state index is 0.287. The standard InChI is InChI=1S/C12H11BrF3NOS/c13-9-3-4-10-8(6-9)2-1-5-17(10)11(18)7-19-12(14,15)16/h3-4,6H,1-2,5,7H2. The van der Waals surface area contributed by atoms with Crippen LogP contribution in [-0.4, -0.2) is 23.7 Å². The molecule has 0 bridgehead atoms. The Balaban J connectivity index is 2.13. The van der Waals surface area contributed by atoms with Gasteiger partial charge in [-0.25, -0.2) is 0 Å². The topological polar surface area (TPSA) is 20.3 Å². The van der Waals surface area contributed by atoms with Crippen LogP contribution in [0.15, 0.2) is 22.7 Å². The third-order valence-corrected chi connectivity index (χ3v) is 4.03. The van der Waals surface area contributed by atoms with Gasteiger partial charge >= 0.3 is 5.51 Å². The molecule has 1 aromatic carbocycles. The van der Waals surface area contributed by atoms with Crippen LogP contribution in [0.2, 0.25) is 0 Å². The molecular formula is C12H11BrF3NOS. The molecule has 2 nitrogen and oxygen atoms in total. The molecule has 0 N–H and O–H groups in total. The van der Waals surface area contributed by atoms with Crippen LogP contribution in [0.5, 0.6) is 0 Å². The third-order valence-electron chi connectivity index (χ3n) is 2.82. The van der Waals surface area contributed by atoms with Gasteiger partial charge in [0.05, 0.1) is 5.75 Å². The van der Waals surface area contributed by atoms with Crippen molar-refractivity contribution in [3.05, 3.63) is 28.2 Å². The van der Waals surface area contributed by atoms with E-state index in [4.69, 9.17) is 0 Å². The summed E-state index contributed by atoms with van der Waals surface area (Å²) in [4.78, 5) is 13.3. The molecule has 0 unspecified atom stereocenters. The molecule has 1 heterocycles. The van der Waals surface area contributed by atoms with Crippen molar-refractivity contribution >= 4 is 39.3 Å². The van der Waals surface area contributed by atoms with E-state index >= 15 is 0 Å². The number of halogens is 4. The average Bonchev–Trinajstić information content (AvgIpc) is 2.34. The fourth-order valence-corrected chi connectivity index (χ4v) is 2.90. The van der Waals surface area contributed by atoms with Crippen molar-refractivity contribution in [1.29, 1.82) is 0 Å². The molecule has 0 aromatic heterocycles. The van der Waals surface area contributed by atoms with Gasteiger partial charge in [0, 0.05) is 16.7 Å². The van der Waals surface area contributed by atoms with E-state index in [1.54, 1.807) is 12.1 Å². The minimum atomic E-state index is -4.37. The van der Waals surface area contributed by atoms with Crippen LogP contribution in [0.1, 0.15) is 12.0 Å². The predicted molar refractivity (Wildman–Crippen MR) is 73.3 cm³/mol. The number of hydrogen-bond donors (Lipinski definition) is 0. The van der Waals surface area contributed by atoms with Crippen LogP contribution >= 0.6 is 27.7 Å². The highest BCUT2D eigenvalue weighted by Gasteiger charge is 2.31. The van der Waals surface area contributed by atoms with Gasteiger partial charge in [0.25, 0.3) is 0 Å². The number of rotatable bonds is 2. The third kappa shape index (κ3) is 3.89. The molecular weight excluding hydrogens is 343 g/mol. The zero-order valence-electron chi connectivity index (χ0n) is 9.84. The minimum Gasteiger partial charge on any atom is -0.311 e. The molecule has 1 aliphatic heterocycles. The van der Waals surface area contributed by atoms with E-state index < -0.39 is 17.2 Å². The lowest BCUT2D eigenvalue weighted by molar-refractivity contribution is -0.116. The van der Waals surface area contributed by atoms with Crippen LogP contribution in [0.3, 0.4) is 0 Å². The van der Waals surface area contributed by atoms with E-state index in [0.29, 0.717) is 6.54 Å². The zero-order chi connectivity index (χ0) is 14.0. The summed E-state index contributed by atoms with van der Waals surface area (Å²) in [6.45, 7) is 0.478. The number of aryl methyl sites for hydroxylation is 1. The van der Waals surface area contributed by atoms with Gasteiger partial charge in [-0.2, -0.15) is 13.2 Å². The van der Waals surface area contributed by atoms with Crippen molar-refractivity contribution < 1.29 is 18.0 Å². The molecule has 0 atom stereocenters. The van der Waals surface area contributed by atoms with E-state index in [9.17, 15) is 18.0 Å². The molecule has 1 aromatic rings. The smallest absolute Gasteiger partial charge is 0.311 e. The van der Waals surface area contributed by atoms with Gasteiger partial charge in [0.1, 0.15) is 0 Å². The van der Waals surface area contributed by atoms with E-state index in [1.807, 2.05) is 6.07 Å². The maximum Gasteiger partial charge on any atom is 0.442 e. The molecule has 19 heavy (non-hydrogen) atoms. The Hall–Kier alpha value is -0.690. The van der Waals surface area contributed by atoms with E-state index in [0.717, 1.165) is 28.6 Å². The van der Waals surface area contributed by atoms with Crippen LogP contribution in [0, 0.1) is 0 Å². The van der Waals surface area contributed by atoms with Gasteiger partial charge in [-0.15, -0.1) is 0 Å². The van der Waals surface area contributed by atoms with Crippen LogP contribution < -0.4 is 4.90 Å². The molecule has 0 saturated heterocycles. The van der Waals surface area contributed by atoms with E-state index in [2.05, 4.69) is 15.9 Å². The summed E-state index contributed by atoms with van der Waals surface area (Å²) >= 11 is 3.06. The Bertz CT molecular complexity index is 492. The van der Waals surface area contributed by atoms with E-state index in [1.165, 1.54) is 4.90 Å². The monoisotopic (exact) mass is 353 g/mol. The lowest BCUT2D eigenvalue weighted by Gasteiger charge is -2.29. The van der Waals surface area contributed by atoms with Crippen molar-refractivity contribution in [1.82, 2.24) is 0 Å². The Kier molecular flexibility index (Phi) is 4.45. The van der Waals surface area contributed by atoms with Crippen LogP contribution in [-0.2, 0) is 11.2 Å². The summed E-state index contributed by atoms with van der Waals surface area (Å²) in [5, 5.41) is 0. The highest BCUT2D eigenvalue weighted by molar-refractivity contribution is 9.10. The number of thioether (sulfide) groups is 1. The quantitative estimate of drug-likeness (QED) is 0.801. The molecule has 1 amide bonds. The largest absolute Gasteiger partial charge is 0.442 e. The summed E-state index contributed by atoms with van der Waals surface area (Å²) in [7, 11) is 0. The average molecular weight is 354 g/mol. The van der Waals surface area contributed by atoms with Crippen molar-refractivity contribution in [2.24, 2.45) is 0 Å². The van der Waals surface area contributed by atoms with Crippen molar-refractivity contribution in [2.75, 3.05) is 17.2 Å². The fraction of sp³-hybridized carbons (Fsp3) is 0.417. The van der Waals surface area contributed by atoms with Crippen molar-refractivity contribution in [2.45, 2.75) is 18.3 Å². The lowest BCUT2D eigenvalue weighted by atomic mass is 10.0. The summed E-state index contributed by atoms with van der Waals surface area (Å²) < 4.78 is 37.3. The number of nitrogens with zero attached hydrogens (tertiary/aromatic N) is 1. The van der Waals surface area contributed by atoms with Crippen LogP contribution in [0.4, 0.5) is 18.9 Å². The summed E-state index contributed by atoms with van der Waals surface area (Å²) in [6.07, 6.45) is 1.61. The molecule has 0 radical (unpaired) electrons. The molecule has 2 rings (SSSR count). The zero-order valence-corrected chi connectivity index (χ0v) is 12.2. The number of fused-ring (bicyclic) bond motifs is 1. The Labute approximate surface area is 121 Å². The first kappa shape index (κ1) is 14.7. The second kappa shape index (κ2) is 5.75. The van der Waals surface area contributed by atoms with Crippen molar-refractivity contribution in [3.8, 4) is 0 Å². The number of benzene rings is 1. The normalized spacial score (nSPS) is 15.3. The molecule has 0 spiro atoms. The number of carbonyl (C=O) groups is 1. The van der Waals surface area contributed by atoms with Gasteiger partial charge in [-0.3, -0.25) is 4.79 Å². The van der Waals surface area contributed by atoms with Crippen molar-refractivity contribution in [3.63, 3.8) is 0 Å². The molecule has 104 valence electrons. The Morgan fingerprint density at radius 3 is 2.84 bits per heavy atom. The molecule has 7 heteroatoms. The first-order valence-corrected chi connectivity index (χ1v) is 7.44. The summed E-state index contributed by atoms with van der Waals surface area (Å²) in [6, 6.07) is 5.47. The molecule has 0 fully saturated rings. The summed E-state index contributed by atoms with van der Waals surface area (Å²) in [5.41, 5.74) is -2.65. The Morgan fingerprint density at radius 2 is 2.16 bits per heavy atom. The van der Waals surface area contributed by atoms with Crippen LogP contribution in [0.25, 0.3) is 0 Å². The van der Waals surface area contributed by atoms with Gasteiger partial charge < -0.3 is 4.90 Å². The second-order valence-electron chi connectivity index (χ2n) is 4.16. The highest BCUT2D eigenvalue weighted by Crippen LogP contribution is 2.33. The first-order valence-electron chi connectivity index (χ1n) is 5.66. The Morgan fingerprint density at radius 1 is 1.42 bits per heavy atom. The number of hydrogen-bond acceptors (Lipinski definition) is 2. The molecule has 0 saturated carbocycles. The maximum atomic E-state index is 12.1.